The van der Waals surface area contributed by atoms with Crippen molar-refractivity contribution in [3.63, 3.8) is 0 Å². The van der Waals surface area contributed by atoms with Crippen molar-refractivity contribution in [1.29, 1.82) is 0 Å². The minimum absolute atomic E-state index is 0.0541. The van der Waals surface area contributed by atoms with E-state index in [1.54, 1.807) is 13.2 Å². The molecule has 0 spiro atoms. The van der Waals surface area contributed by atoms with Gasteiger partial charge in [0.05, 0.1) is 7.11 Å². The van der Waals surface area contributed by atoms with E-state index in [2.05, 4.69) is 54.6 Å². The van der Waals surface area contributed by atoms with Gasteiger partial charge >= 0.3 is 0 Å². The highest BCUT2D eigenvalue weighted by molar-refractivity contribution is 5.76. The molecule has 0 fully saturated rings. The van der Waals surface area contributed by atoms with Crippen LogP contribution in [0.5, 0.6) is 17.2 Å². The van der Waals surface area contributed by atoms with E-state index in [0.717, 1.165) is 40.7 Å². The molecule has 3 aromatic carbocycles. The molecule has 1 aliphatic heterocycles. The van der Waals surface area contributed by atoms with Crippen LogP contribution >= 0.6 is 0 Å². The molecule has 0 amide bonds. The van der Waals surface area contributed by atoms with Gasteiger partial charge in [0.1, 0.15) is 28.9 Å². The van der Waals surface area contributed by atoms with Crippen LogP contribution in [0.1, 0.15) is 30.8 Å². The summed E-state index contributed by atoms with van der Waals surface area (Å²) in [4.78, 5) is 11.6. The number of ether oxygens (including phenoxy) is 2. The lowest BCUT2D eigenvalue weighted by Crippen LogP contribution is -2.41. The Morgan fingerprint density at radius 2 is 1.56 bits per heavy atom. The smallest absolute Gasteiger partial charge is 0.156 e. The first kappa shape index (κ1) is 23.4. The number of methoxy groups -OCH3 is 1. The fraction of sp³-hybridized carbons (Fsp3) is 0.200. The molecule has 0 saturated heterocycles. The zero-order chi connectivity index (χ0) is 25.3. The zero-order valence-corrected chi connectivity index (χ0v) is 20.8. The first-order valence-corrected chi connectivity index (χ1v) is 12.0. The largest absolute Gasteiger partial charge is 0.497 e. The number of aromatic nitrogens is 2. The predicted molar refractivity (Wildman–Crippen MR) is 145 cm³/mol. The van der Waals surface area contributed by atoms with Crippen molar-refractivity contribution in [3.05, 3.63) is 102 Å². The summed E-state index contributed by atoms with van der Waals surface area (Å²) < 4.78 is 11.4. The number of nitrogens with two attached hydrogens (primary N) is 1. The average Bonchev–Trinajstić information content (AvgIpc) is 3.11. The molecule has 1 unspecified atom stereocenters. The molecule has 1 aliphatic rings. The van der Waals surface area contributed by atoms with Crippen molar-refractivity contribution in [2.45, 2.75) is 31.7 Å². The van der Waals surface area contributed by atoms with Gasteiger partial charge in [0.2, 0.25) is 0 Å². The number of hydrogen-bond donors (Lipinski definition) is 1. The lowest BCUT2D eigenvalue weighted by atomic mass is 9.78. The summed E-state index contributed by atoms with van der Waals surface area (Å²) in [6.07, 6.45) is 2.42. The van der Waals surface area contributed by atoms with Gasteiger partial charge in [0.15, 0.2) is 5.82 Å². The van der Waals surface area contributed by atoms with Crippen molar-refractivity contribution >= 4 is 23.4 Å². The molecule has 6 heteroatoms. The highest BCUT2D eigenvalue weighted by Gasteiger charge is 2.48. The third kappa shape index (κ3) is 4.26. The Bertz CT molecular complexity index is 1370. The maximum atomic E-state index is 6.51. The summed E-state index contributed by atoms with van der Waals surface area (Å²) >= 11 is 0. The third-order valence-electron chi connectivity index (χ3n) is 6.82. The summed E-state index contributed by atoms with van der Waals surface area (Å²) in [5.74, 6) is 4.23. The van der Waals surface area contributed by atoms with Crippen molar-refractivity contribution in [2.75, 3.05) is 17.7 Å². The van der Waals surface area contributed by atoms with Gasteiger partial charge in [-0.05, 0) is 66.6 Å². The molecule has 5 rings (SSSR count). The van der Waals surface area contributed by atoms with E-state index in [4.69, 9.17) is 20.2 Å². The van der Waals surface area contributed by atoms with E-state index in [0.29, 0.717) is 11.6 Å². The second-order valence-corrected chi connectivity index (χ2v) is 9.44. The lowest BCUT2D eigenvalue weighted by Gasteiger charge is -2.34. The Morgan fingerprint density at radius 1 is 0.917 bits per heavy atom. The second-order valence-electron chi connectivity index (χ2n) is 9.44. The van der Waals surface area contributed by atoms with Crippen LogP contribution in [0.25, 0.3) is 6.08 Å². The summed E-state index contributed by atoms with van der Waals surface area (Å²) in [5.41, 5.74) is 9.36. The van der Waals surface area contributed by atoms with Crippen LogP contribution in [0.3, 0.4) is 0 Å². The number of anilines is 3. The monoisotopic (exact) mass is 478 g/mol. The van der Waals surface area contributed by atoms with Crippen LogP contribution < -0.4 is 20.1 Å². The normalized spacial score (nSPS) is 15.9. The van der Waals surface area contributed by atoms with Gasteiger partial charge in [-0.1, -0.05) is 50.8 Å². The Labute approximate surface area is 212 Å². The molecular formula is C30H30N4O2. The number of benzene rings is 3. The lowest BCUT2D eigenvalue weighted by molar-refractivity contribution is 0.413. The molecule has 2 heterocycles. The molecule has 1 atom stereocenters. The molecule has 36 heavy (non-hydrogen) atoms. The van der Waals surface area contributed by atoms with Crippen LogP contribution in [-0.2, 0) is 11.8 Å². The van der Waals surface area contributed by atoms with Crippen molar-refractivity contribution in [1.82, 2.24) is 9.97 Å². The van der Waals surface area contributed by atoms with Gasteiger partial charge in [-0.2, -0.15) is 0 Å². The minimum atomic E-state index is -0.307. The number of hydrogen-bond acceptors (Lipinski definition) is 6. The van der Waals surface area contributed by atoms with E-state index in [1.165, 1.54) is 5.56 Å². The van der Waals surface area contributed by atoms with Crippen LogP contribution in [-0.4, -0.2) is 23.1 Å². The Morgan fingerprint density at radius 3 is 2.19 bits per heavy atom. The standard InChI is InChI=1S/C30H30N4O2/c1-5-26-32-28(31)27-29(33-26)34(21-13-17-24(18-14-21)36-23-9-7-6-8-10-23)25(30(27,2)3)19-20-11-15-22(35-4)16-12-20/h5-18,25H,1,19H2,2-4H3,(H2,31,32,33). The van der Waals surface area contributed by atoms with Gasteiger partial charge in [-0.25, -0.2) is 9.97 Å². The van der Waals surface area contributed by atoms with Crippen LogP contribution in [0.2, 0.25) is 0 Å². The summed E-state index contributed by atoms with van der Waals surface area (Å²) in [5, 5.41) is 0. The number of rotatable bonds is 7. The Balaban J connectivity index is 1.56. The van der Waals surface area contributed by atoms with E-state index in [-0.39, 0.29) is 11.5 Å². The quantitative estimate of drug-likeness (QED) is 0.325. The number of para-hydroxylation sites is 1. The first-order valence-electron chi connectivity index (χ1n) is 12.0. The topological polar surface area (TPSA) is 73.5 Å². The molecule has 2 N–H and O–H groups in total. The maximum absolute atomic E-state index is 6.51. The van der Waals surface area contributed by atoms with E-state index >= 15 is 0 Å². The number of nitrogens with zero attached hydrogens (tertiary/aromatic N) is 3. The molecule has 0 aliphatic carbocycles. The average molecular weight is 479 g/mol. The highest BCUT2D eigenvalue weighted by Crippen LogP contribution is 2.51. The van der Waals surface area contributed by atoms with Crippen LogP contribution in [0, 0.1) is 0 Å². The molecular weight excluding hydrogens is 448 g/mol. The molecule has 0 bridgehead atoms. The molecule has 182 valence electrons. The predicted octanol–water partition coefficient (Wildman–Crippen LogP) is 6.54. The van der Waals surface area contributed by atoms with Crippen LogP contribution in [0.4, 0.5) is 17.3 Å². The minimum Gasteiger partial charge on any atom is -0.497 e. The highest BCUT2D eigenvalue weighted by atomic mass is 16.5. The Hall–Kier alpha value is -4.32. The van der Waals surface area contributed by atoms with E-state index in [9.17, 15) is 0 Å². The zero-order valence-electron chi connectivity index (χ0n) is 20.8. The first-order chi connectivity index (χ1) is 17.4. The SMILES string of the molecule is C=Cc1nc(N)c2c(n1)N(c1ccc(Oc3ccccc3)cc1)C(Cc1ccc(OC)cc1)C2(C)C. The summed E-state index contributed by atoms with van der Waals surface area (Å²) in [6, 6.07) is 26.1. The fourth-order valence-electron chi connectivity index (χ4n) is 4.94. The van der Waals surface area contributed by atoms with Gasteiger partial charge in [0, 0.05) is 22.7 Å². The van der Waals surface area contributed by atoms with Crippen molar-refractivity contribution < 1.29 is 9.47 Å². The second kappa shape index (κ2) is 9.38. The molecule has 0 radical (unpaired) electrons. The van der Waals surface area contributed by atoms with Crippen LogP contribution in [0.15, 0.2) is 85.4 Å². The third-order valence-corrected chi connectivity index (χ3v) is 6.82. The van der Waals surface area contributed by atoms with Crippen molar-refractivity contribution in [3.8, 4) is 17.2 Å². The van der Waals surface area contributed by atoms with E-state index in [1.807, 2.05) is 54.6 Å². The molecule has 0 saturated carbocycles. The van der Waals surface area contributed by atoms with Gasteiger partial charge in [0.25, 0.3) is 0 Å². The number of nitrogen functional groups attached to an aromatic ring is 1. The number of fused-ring (bicyclic) bond motifs is 1. The van der Waals surface area contributed by atoms with Gasteiger partial charge < -0.3 is 20.1 Å². The van der Waals surface area contributed by atoms with Gasteiger partial charge in [-0.15, -0.1) is 0 Å². The maximum Gasteiger partial charge on any atom is 0.156 e. The fourth-order valence-corrected chi connectivity index (χ4v) is 4.94. The molecule has 1 aromatic heterocycles. The summed E-state index contributed by atoms with van der Waals surface area (Å²) in [6.45, 7) is 8.28. The summed E-state index contributed by atoms with van der Waals surface area (Å²) in [7, 11) is 1.68. The van der Waals surface area contributed by atoms with Crippen molar-refractivity contribution in [2.24, 2.45) is 0 Å². The molecule has 4 aromatic rings. The van der Waals surface area contributed by atoms with E-state index < -0.39 is 0 Å². The Kier molecular flexibility index (Phi) is 6.10. The van der Waals surface area contributed by atoms with Gasteiger partial charge in [-0.3, -0.25) is 0 Å². The molecule has 6 nitrogen and oxygen atoms in total.